The molecule has 0 spiro atoms. The Labute approximate surface area is 98.4 Å². The summed E-state index contributed by atoms with van der Waals surface area (Å²) < 4.78 is 53.0. The molecule has 1 rings (SSSR count). The molecule has 0 aliphatic rings. The van der Waals surface area contributed by atoms with E-state index in [4.69, 9.17) is 5.11 Å². The molecule has 0 aromatic carbocycles. The number of aromatic carboxylic acids is 1. The van der Waals surface area contributed by atoms with Crippen molar-refractivity contribution in [1.82, 2.24) is 9.97 Å². The summed E-state index contributed by atoms with van der Waals surface area (Å²) in [4.78, 5) is 17.4. The molecule has 0 aliphatic heterocycles. The first-order valence-corrected chi connectivity index (χ1v) is 4.59. The highest BCUT2D eigenvalue weighted by molar-refractivity contribution is 5.88. The summed E-state index contributed by atoms with van der Waals surface area (Å²) in [6, 6.07) is -0.585. The molecule has 18 heavy (non-hydrogen) atoms. The molecule has 5 nitrogen and oxygen atoms in total. The molecule has 0 atom stereocenters. The van der Waals surface area contributed by atoms with Crippen LogP contribution in [-0.2, 0) is 0 Å². The largest absolute Gasteiger partial charge is 0.478 e. The van der Waals surface area contributed by atoms with Crippen LogP contribution in [0.1, 0.15) is 16.1 Å². The van der Waals surface area contributed by atoms with E-state index in [9.17, 15) is 22.4 Å². The van der Waals surface area contributed by atoms with Gasteiger partial charge in [-0.2, -0.15) is 13.8 Å². The summed E-state index contributed by atoms with van der Waals surface area (Å²) in [5.41, 5.74) is -0.254. The second kappa shape index (κ2) is 5.15. The van der Waals surface area contributed by atoms with E-state index in [1.165, 1.54) is 6.92 Å². The molecule has 0 bridgehead atoms. The van der Waals surface area contributed by atoms with Gasteiger partial charge in [-0.1, -0.05) is 0 Å². The SMILES string of the molecule is Cc1nc(OCC(F)(F)C(F)F)ncc1C(=O)O. The molecule has 0 radical (unpaired) electrons. The van der Waals surface area contributed by atoms with E-state index in [1.54, 1.807) is 0 Å². The first-order chi connectivity index (χ1) is 8.24. The average molecular weight is 268 g/mol. The van der Waals surface area contributed by atoms with Crippen LogP contribution in [0.4, 0.5) is 17.6 Å². The maximum absolute atomic E-state index is 12.5. The molecule has 9 heteroatoms. The number of aryl methyl sites for hydroxylation is 1. The molecular weight excluding hydrogens is 260 g/mol. The van der Waals surface area contributed by atoms with Gasteiger partial charge in [0.1, 0.15) is 0 Å². The van der Waals surface area contributed by atoms with Crippen LogP contribution in [0.2, 0.25) is 0 Å². The Morgan fingerprint density at radius 3 is 2.61 bits per heavy atom. The Kier molecular flexibility index (Phi) is 4.04. The Bertz CT molecular complexity index is 453. The first-order valence-electron chi connectivity index (χ1n) is 4.59. The summed E-state index contributed by atoms with van der Waals surface area (Å²) in [6.45, 7) is -0.292. The molecule has 0 saturated heterocycles. The predicted octanol–water partition coefficient (Wildman–Crippen LogP) is 1.76. The van der Waals surface area contributed by atoms with Gasteiger partial charge in [0.25, 0.3) is 0 Å². The van der Waals surface area contributed by atoms with Crippen LogP contribution in [0.25, 0.3) is 0 Å². The van der Waals surface area contributed by atoms with Gasteiger partial charge in [0.15, 0.2) is 6.61 Å². The Hall–Kier alpha value is -1.93. The summed E-state index contributed by atoms with van der Waals surface area (Å²) in [7, 11) is 0. The lowest BCUT2D eigenvalue weighted by atomic mass is 10.2. The van der Waals surface area contributed by atoms with Gasteiger partial charge in [0, 0.05) is 6.20 Å². The van der Waals surface area contributed by atoms with Gasteiger partial charge < -0.3 is 9.84 Å². The quantitative estimate of drug-likeness (QED) is 0.824. The summed E-state index contributed by atoms with van der Waals surface area (Å²) in [5, 5.41) is 8.65. The van der Waals surface area contributed by atoms with E-state index in [0.717, 1.165) is 6.20 Å². The van der Waals surface area contributed by atoms with Crippen molar-refractivity contribution in [2.75, 3.05) is 6.61 Å². The van der Waals surface area contributed by atoms with Crippen molar-refractivity contribution in [3.05, 3.63) is 17.5 Å². The maximum Gasteiger partial charge on any atom is 0.340 e. The molecule has 1 aromatic rings. The third kappa shape index (κ3) is 3.28. The Morgan fingerprint density at radius 1 is 1.56 bits per heavy atom. The fraction of sp³-hybridized carbons (Fsp3) is 0.444. The van der Waals surface area contributed by atoms with Crippen LogP contribution in [-0.4, -0.2) is 40.0 Å². The summed E-state index contributed by atoms with van der Waals surface area (Å²) >= 11 is 0. The van der Waals surface area contributed by atoms with E-state index >= 15 is 0 Å². The first kappa shape index (κ1) is 14.1. The normalized spacial score (nSPS) is 11.7. The van der Waals surface area contributed by atoms with E-state index < -0.39 is 30.9 Å². The third-order valence-corrected chi connectivity index (χ3v) is 1.90. The van der Waals surface area contributed by atoms with Gasteiger partial charge in [0.2, 0.25) is 0 Å². The van der Waals surface area contributed by atoms with E-state index in [-0.39, 0.29) is 11.3 Å². The molecule has 100 valence electrons. The molecule has 1 aromatic heterocycles. The molecule has 0 saturated carbocycles. The van der Waals surface area contributed by atoms with Gasteiger partial charge in [0.05, 0.1) is 11.3 Å². The topological polar surface area (TPSA) is 72.3 Å². The molecule has 1 N–H and O–H groups in total. The molecule has 0 unspecified atom stereocenters. The number of hydrogen-bond donors (Lipinski definition) is 1. The number of rotatable bonds is 5. The van der Waals surface area contributed by atoms with Gasteiger partial charge in [-0.15, -0.1) is 0 Å². The number of ether oxygens (including phenoxy) is 1. The van der Waals surface area contributed by atoms with Gasteiger partial charge in [-0.05, 0) is 6.92 Å². The lowest BCUT2D eigenvalue weighted by Crippen LogP contribution is -2.34. The van der Waals surface area contributed by atoms with Gasteiger partial charge >= 0.3 is 24.3 Å². The van der Waals surface area contributed by atoms with Crippen LogP contribution in [0.3, 0.4) is 0 Å². The van der Waals surface area contributed by atoms with Crippen LogP contribution in [0.15, 0.2) is 6.20 Å². The van der Waals surface area contributed by atoms with Crippen molar-refractivity contribution in [2.45, 2.75) is 19.3 Å². The summed E-state index contributed by atoms with van der Waals surface area (Å²) in [5.74, 6) is -5.61. The third-order valence-electron chi connectivity index (χ3n) is 1.90. The molecule has 1 heterocycles. The molecule has 0 aliphatic carbocycles. The highest BCUT2D eigenvalue weighted by atomic mass is 19.3. The smallest absolute Gasteiger partial charge is 0.340 e. The van der Waals surface area contributed by atoms with Crippen LogP contribution in [0, 0.1) is 6.92 Å². The monoisotopic (exact) mass is 268 g/mol. The van der Waals surface area contributed by atoms with Crippen LogP contribution < -0.4 is 4.74 Å². The fourth-order valence-electron chi connectivity index (χ4n) is 0.949. The second-order valence-electron chi connectivity index (χ2n) is 3.31. The highest BCUT2D eigenvalue weighted by Crippen LogP contribution is 2.23. The lowest BCUT2D eigenvalue weighted by molar-refractivity contribution is -0.149. The minimum atomic E-state index is -4.32. The fourth-order valence-corrected chi connectivity index (χ4v) is 0.949. The highest BCUT2D eigenvalue weighted by Gasteiger charge is 2.42. The van der Waals surface area contributed by atoms with Crippen LogP contribution in [0.5, 0.6) is 6.01 Å². The van der Waals surface area contributed by atoms with Crippen molar-refractivity contribution in [3.63, 3.8) is 0 Å². The second-order valence-corrected chi connectivity index (χ2v) is 3.31. The predicted molar refractivity (Wildman–Crippen MR) is 50.2 cm³/mol. The number of nitrogens with zero attached hydrogens (tertiary/aromatic N) is 2. The molecule has 0 fully saturated rings. The zero-order chi connectivity index (χ0) is 13.9. The number of carboxylic acid groups (broad SMARTS) is 1. The number of alkyl halides is 4. The van der Waals surface area contributed by atoms with Crippen molar-refractivity contribution < 1.29 is 32.2 Å². The van der Waals surface area contributed by atoms with Gasteiger partial charge in [-0.3, -0.25) is 0 Å². The average Bonchev–Trinajstić information content (AvgIpc) is 2.25. The number of aromatic nitrogens is 2. The van der Waals surface area contributed by atoms with Gasteiger partial charge in [-0.25, -0.2) is 18.6 Å². The standard InChI is InChI=1S/C9H8F4N2O3/c1-4-5(6(16)17)2-14-8(15-4)18-3-9(12,13)7(10)11/h2,7H,3H2,1H3,(H,16,17). The summed E-state index contributed by atoms with van der Waals surface area (Å²) in [6.07, 6.45) is -3.02. The van der Waals surface area contributed by atoms with Crippen molar-refractivity contribution >= 4 is 5.97 Å². The molecule has 0 amide bonds. The van der Waals surface area contributed by atoms with E-state index in [2.05, 4.69) is 14.7 Å². The minimum absolute atomic E-state index is 0.0205. The zero-order valence-corrected chi connectivity index (χ0v) is 9.03. The van der Waals surface area contributed by atoms with Crippen molar-refractivity contribution in [1.29, 1.82) is 0 Å². The van der Waals surface area contributed by atoms with E-state index in [1.807, 2.05) is 0 Å². The molecular formula is C9H8F4N2O3. The number of carboxylic acids is 1. The lowest BCUT2D eigenvalue weighted by Gasteiger charge is -2.15. The Balaban J connectivity index is 2.76. The number of carbonyl (C=O) groups is 1. The van der Waals surface area contributed by atoms with Crippen molar-refractivity contribution in [3.8, 4) is 6.01 Å². The number of halogens is 4. The number of hydrogen-bond acceptors (Lipinski definition) is 4. The van der Waals surface area contributed by atoms with Crippen LogP contribution >= 0.6 is 0 Å². The zero-order valence-electron chi connectivity index (χ0n) is 9.03. The maximum atomic E-state index is 12.5. The minimum Gasteiger partial charge on any atom is -0.478 e. The van der Waals surface area contributed by atoms with E-state index in [0.29, 0.717) is 0 Å². The van der Waals surface area contributed by atoms with Crippen molar-refractivity contribution in [2.24, 2.45) is 0 Å². The Morgan fingerprint density at radius 2 is 2.17 bits per heavy atom.